The van der Waals surface area contributed by atoms with Crippen molar-refractivity contribution in [3.8, 4) is 0 Å². The number of nitrogens with zero attached hydrogens (tertiary/aromatic N) is 5. The lowest BCUT2D eigenvalue weighted by Gasteiger charge is -2.44. The molecule has 0 aromatic rings. The second-order valence-corrected chi connectivity index (χ2v) is 21.7. The summed E-state index contributed by atoms with van der Waals surface area (Å²) in [5.41, 5.74) is 5.72. The van der Waals surface area contributed by atoms with Gasteiger partial charge >= 0.3 is 0 Å². The summed E-state index contributed by atoms with van der Waals surface area (Å²) < 4.78 is -0.741. The molecule has 0 aromatic carbocycles. The SMILES string of the molecule is CCCCCCCCCCCCN(CC(=O)N(CC[N+]([O-])(CCCCCCCCCCCC)CC(=O)N(CC(N)=O)CC(CC)CCCC)CC(CC)CCCC)C(=O)CNCCCN1CCCCC1. The maximum Gasteiger partial charge on any atom is 0.278 e. The molecule has 0 radical (unpaired) electrons. The highest BCUT2D eigenvalue weighted by molar-refractivity contribution is 5.86. The van der Waals surface area contributed by atoms with Crippen LogP contribution < -0.4 is 11.1 Å². The maximum absolute atomic E-state index is 15.2. The van der Waals surface area contributed by atoms with Crippen LogP contribution in [0.5, 0.6) is 0 Å². The third-order valence-corrected chi connectivity index (χ3v) is 15.2. The number of carbonyl (C=O) groups excluding carboxylic acids is 4. The smallest absolute Gasteiger partial charge is 0.278 e. The Hall–Kier alpha value is -2.28. The minimum absolute atomic E-state index is 0.00524. The van der Waals surface area contributed by atoms with Crippen molar-refractivity contribution in [2.24, 2.45) is 17.6 Å². The predicted octanol–water partition coefficient (Wildman–Crippen LogP) is 12.0. The number of hydrogen-bond donors (Lipinski definition) is 2. The Kier molecular flexibility index (Phi) is 41.5. The van der Waals surface area contributed by atoms with Gasteiger partial charge in [0.15, 0.2) is 6.54 Å². The van der Waals surface area contributed by atoms with Gasteiger partial charge in [-0.2, -0.15) is 0 Å². The molecule has 12 heteroatoms. The van der Waals surface area contributed by atoms with E-state index in [2.05, 4.69) is 51.8 Å². The van der Waals surface area contributed by atoms with Crippen molar-refractivity contribution in [3.63, 3.8) is 0 Å². The topological polar surface area (TPSA) is 142 Å². The first kappa shape index (κ1) is 65.7. The first-order valence-corrected chi connectivity index (χ1v) is 30.1. The van der Waals surface area contributed by atoms with Gasteiger partial charge in [-0.3, -0.25) is 19.2 Å². The molecular weight excluding hydrogens is 875 g/mol. The number of primary amides is 1. The van der Waals surface area contributed by atoms with E-state index in [1.807, 2.05) is 4.90 Å². The van der Waals surface area contributed by atoms with Crippen LogP contribution in [0.1, 0.15) is 247 Å². The molecular formula is C58H115N7O5. The van der Waals surface area contributed by atoms with Crippen LogP contribution in [0.25, 0.3) is 0 Å². The van der Waals surface area contributed by atoms with Gasteiger partial charge in [0.25, 0.3) is 5.91 Å². The lowest BCUT2D eigenvalue weighted by Crippen LogP contribution is -2.56. The van der Waals surface area contributed by atoms with Gasteiger partial charge < -0.3 is 40.5 Å². The Morgan fingerprint density at radius 3 is 1.51 bits per heavy atom. The number of amides is 4. The average Bonchev–Trinajstić information content (AvgIpc) is 3.35. The van der Waals surface area contributed by atoms with Gasteiger partial charge in [0.2, 0.25) is 17.7 Å². The lowest BCUT2D eigenvalue weighted by atomic mass is 9.98. The van der Waals surface area contributed by atoms with Crippen LogP contribution in [-0.2, 0) is 19.2 Å². The van der Waals surface area contributed by atoms with Crippen LogP contribution >= 0.6 is 0 Å². The van der Waals surface area contributed by atoms with Crippen LogP contribution in [0.2, 0.25) is 0 Å². The van der Waals surface area contributed by atoms with Crippen molar-refractivity contribution in [1.82, 2.24) is 24.9 Å². The van der Waals surface area contributed by atoms with Crippen LogP contribution in [0.3, 0.4) is 0 Å². The second kappa shape index (κ2) is 44.2. The molecule has 1 saturated heterocycles. The molecule has 0 saturated carbocycles. The zero-order valence-electron chi connectivity index (χ0n) is 47.0. The van der Waals surface area contributed by atoms with E-state index in [0.29, 0.717) is 26.1 Å². The predicted molar refractivity (Wildman–Crippen MR) is 295 cm³/mol. The fourth-order valence-corrected chi connectivity index (χ4v) is 10.3. The van der Waals surface area contributed by atoms with Crippen LogP contribution in [0.15, 0.2) is 0 Å². The summed E-state index contributed by atoms with van der Waals surface area (Å²) >= 11 is 0. The molecule has 4 amide bonds. The largest absolute Gasteiger partial charge is 0.632 e. The minimum atomic E-state index is -0.741. The highest BCUT2D eigenvalue weighted by Gasteiger charge is 2.30. The van der Waals surface area contributed by atoms with E-state index in [-0.39, 0.29) is 75.4 Å². The number of unbranched alkanes of at least 4 members (excludes halogenated alkanes) is 20. The monoisotopic (exact) mass is 990 g/mol. The number of hydroxylamine groups is 3. The first-order chi connectivity index (χ1) is 33.9. The number of piperidine rings is 1. The molecule has 1 fully saturated rings. The number of rotatable bonds is 49. The Bertz CT molecular complexity index is 1280. The van der Waals surface area contributed by atoms with E-state index in [4.69, 9.17) is 5.73 Å². The number of nitrogens with one attached hydrogen (secondary N) is 1. The molecule has 1 aliphatic heterocycles. The molecule has 12 nitrogen and oxygen atoms in total. The molecule has 1 rings (SSSR count). The summed E-state index contributed by atoms with van der Waals surface area (Å²) in [5, 5.41) is 18.6. The Balaban J connectivity index is 3.31. The van der Waals surface area contributed by atoms with Crippen LogP contribution in [0.4, 0.5) is 0 Å². The maximum atomic E-state index is 15.2. The van der Waals surface area contributed by atoms with Crippen molar-refractivity contribution >= 4 is 23.6 Å². The lowest BCUT2D eigenvalue weighted by molar-refractivity contribution is -0.872. The van der Waals surface area contributed by atoms with E-state index in [1.165, 1.54) is 108 Å². The van der Waals surface area contributed by atoms with Crippen LogP contribution in [-0.4, -0.2) is 140 Å². The summed E-state index contributed by atoms with van der Waals surface area (Å²) in [6, 6.07) is 0. The molecule has 3 unspecified atom stereocenters. The molecule has 1 heterocycles. The molecule has 1 aliphatic rings. The van der Waals surface area contributed by atoms with E-state index < -0.39 is 10.6 Å². The Labute approximate surface area is 432 Å². The number of hydrogen-bond acceptors (Lipinski definition) is 7. The average molecular weight is 991 g/mol. The highest BCUT2D eigenvalue weighted by Crippen LogP contribution is 2.20. The normalized spacial score (nSPS) is 14.8. The van der Waals surface area contributed by atoms with Gasteiger partial charge in [0.05, 0.1) is 39.3 Å². The number of likely N-dealkylation sites (tertiary alicyclic amines) is 1. The number of quaternary nitrogens is 1. The molecule has 0 spiro atoms. The Morgan fingerprint density at radius 1 is 0.529 bits per heavy atom. The third kappa shape index (κ3) is 34.2. The summed E-state index contributed by atoms with van der Waals surface area (Å²) in [7, 11) is 0. The van der Waals surface area contributed by atoms with Gasteiger partial charge in [-0.1, -0.05) is 196 Å². The molecule has 0 bridgehead atoms. The molecule has 70 heavy (non-hydrogen) atoms. The third-order valence-electron chi connectivity index (χ3n) is 15.2. The second-order valence-electron chi connectivity index (χ2n) is 21.7. The zero-order valence-corrected chi connectivity index (χ0v) is 47.0. The molecule has 3 atom stereocenters. The molecule has 412 valence electrons. The first-order valence-electron chi connectivity index (χ1n) is 30.1. The molecule has 0 aromatic heterocycles. The zero-order chi connectivity index (χ0) is 51.5. The van der Waals surface area contributed by atoms with Gasteiger partial charge in [-0.25, -0.2) is 0 Å². The summed E-state index contributed by atoms with van der Waals surface area (Å²) in [5.74, 6) is -0.569. The van der Waals surface area contributed by atoms with Gasteiger partial charge in [0, 0.05) is 19.6 Å². The fraction of sp³-hybridized carbons (Fsp3) is 0.931. The van der Waals surface area contributed by atoms with Crippen molar-refractivity contribution < 1.29 is 23.8 Å². The van der Waals surface area contributed by atoms with Crippen molar-refractivity contribution in [2.75, 3.05) is 91.6 Å². The van der Waals surface area contributed by atoms with Gasteiger partial charge in [-0.05, 0) is 89.4 Å². The van der Waals surface area contributed by atoms with Crippen molar-refractivity contribution in [3.05, 3.63) is 5.21 Å². The summed E-state index contributed by atoms with van der Waals surface area (Å²) in [4.78, 5) is 63.1. The number of carbonyl (C=O) groups is 4. The van der Waals surface area contributed by atoms with E-state index >= 15 is 5.21 Å². The molecule has 0 aliphatic carbocycles. The fourth-order valence-electron chi connectivity index (χ4n) is 10.3. The van der Waals surface area contributed by atoms with Crippen molar-refractivity contribution in [2.45, 2.75) is 247 Å². The standard InChI is InChI=1S/C58H115N7O5/c1-7-13-17-19-21-23-25-27-29-34-43-62(56(67)47-60-39-36-42-61-40-32-31-33-41-61)51-57(68)63(48-53(11-5)37-15-9-3)44-46-65(70,45-35-30-28-26-24-22-20-18-14-8-2)52-58(69)64(50-55(59)66)49-54(12-6)38-16-10-4/h53-54,60H,7-52H2,1-6H3,(H2,59,66). The Morgan fingerprint density at radius 2 is 1.01 bits per heavy atom. The van der Waals surface area contributed by atoms with E-state index in [0.717, 1.165) is 122 Å². The number of nitrogens with two attached hydrogens (primary N) is 1. The minimum Gasteiger partial charge on any atom is -0.632 e. The quantitative estimate of drug-likeness (QED) is 0.0351. The van der Waals surface area contributed by atoms with E-state index in [9.17, 15) is 19.2 Å². The van der Waals surface area contributed by atoms with Crippen molar-refractivity contribution in [1.29, 1.82) is 0 Å². The van der Waals surface area contributed by atoms with Gasteiger partial charge in [-0.15, -0.1) is 0 Å². The summed E-state index contributed by atoms with van der Waals surface area (Å²) in [6.45, 7) is 19.0. The van der Waals surface area contributed by atoms with E-state index in [1.54, 1.807) is 4.90 Å². The molecule has 3 N–H and O–H groups in total. The summed E-state index contributed by atoms with van der Waals surface area (Å²) in [6.07, 6.45) is 36.2. The highest BCUT2D eigenvalue weighted by atomic mass is 16.5. The van der Waals surface area contributed by atoms with Crippen LogP contribution in [0, 0.1) is 17.0 Å². The van der Waals surface area contributed by atoms with Gasteiger partial charge in [0.1, 0.15) is 0 Å².